The van der Waals surface area contributed by atoms with Gasteiger partial charge in [0.25, 0.3) is 0 Å². The number of hydrogen-bond donors (Lipinski definition) is 1. The van der Waals surface area contributed by atoms with Crippen molar-refractivity contribution in [2.45, 2.75) is 33.4 Å². The summed E-state index contributed by atoms with van der Waals surface area (Å²) in [6, 6.07) is 6.00. The third kappa shape index (κ3) is 3.49. The molecular formula is C16H26FN3. The molecule has 0 saturated carbocycles. The number of benzene rings is 1. The molecule has 1 aliphatic rings. The highest BCUT2D eigenvalue weighted by Crippen LogP contribution is 2.24. The first-order valence-corrected chi connectivity index (χ1v) is 7.60. The predicted octanol–water partition coefficient (Wildman–Crippen LogP) is 2.47. The molecule has 0 bridgehead atoms. The Balaban J connectivity index is 2.11. The van der Waals surface area contributed by atoms with Crippen LogP contribution in [0.15, 0.2) is 18.2 Å². The first-order chi connectivity index (χ1) is 9.63. The zero-order valence-electron chi connectivity index (χ0n) is 12.8. The fourth-order valence-corrected chi connectivity index (χ4v) is 2.75. The number of piperazine rings is 1. The number of hydrogen-bond acceptors (Lipinski definition) is 3. The van der Waals surface area contributed by atoms with Gasteiger partial charge in [-0.05, 0) is 32.5 Å². The number of nitrogens with zero attached hydrogens (tertiary/aromatic N) is 2. The van der Waals surface area contributed by atoms with Gasteiger partial charge in [-0.2, -0.15) is 0 Å². The van der Waals surface area contributed by atoms with E-state index in [2.05, 4.69) is 29.0 Å². The molecule has 1 N–H and O–H groups in total. The van der Waals surface area contributed by atoms with Gasteiger partial charge in [0.1, 0.15) is 5.82 Å². The van der Waals surface area contributed by atoms with Gasteiger partial charge < -0.3 is 10.2 Å². The lowest BCUT2D eigenvalue weighted by Crippen LogP contribution is -2.49. The molecule has 20 heavy (non-hydrogen) atoms. The smallest absolute Gasteiger partial charge is 0.129 e. The second-order valence-electron chi connectivity index (χ2n) is 5.63. The maximum absolute atomic E-state index is 14.1. The Morgan fingerprint density at radius 2 is 1.90 bits per heavy atom. The summed E-state index contributed by atoms with van der Waals surface area (Å²) in [5.74, 6) is -0.102. The van der Waals surface area contributed by atoms with E-state index >= 15 is 0 Å². The number of nitrogens with one attached hydrogen (secondary N) is 1. The molecule has 0 aliphatic carbocycles. The number of rotatable bonds is 5. The topological polar surface area (TPSA) is 18.5 Å². The Labute approximate surface area is 121 Å². The molecule has 1 saturated heterocycles. The van der Waals surface area contributed by atoms with Gasteiger partial charge in [0.2, 0.25) is 0 Å². The molecule has 1 heterocycles. The molecule has 1 aromatic carbocycles. The van der Waals surface area contributed by atoms with E-state index in [1.807, 2.05) is 19.1 Å². The summed E-state index contributed by atoms with van der Waals surface area (Å²) in [6.07, 6.45) is 0. The molecule has 1 aliphatic heterocycles. The summed E-state index contributed by atoms with van der Waals surface area (Å²) in [6.45, 7) is 12.0. The van der Waals surface area contributed by atoms with Crippen molar-refractivity contribution in [3.05, 3.63) is 29.6 Å². The van der Waals surface area contributed by atoms with Crippen molar-refractivity contribution in [1.29, 1.82) is 0 Å². The number of anilines is 1. The summed E-state index contributed by atoms with van der Waals surface area (Å²) >= 11 is 0. The minimum Gasteiger partial charge on any atom is -0.369 e. The molecule has 0 unspecified atom stereocenters. The van der Waals surface area contributed by atoms with Crippen LogP contribution in [-0.4, -0.2) is 43.7 Å². The van der Waals surface area contributed by atoms with Crippen LogP contribution in [0.25, 0.3) is 0 Å². The lowest BCUT2D eigenvalue weighted by Gasteiger charge is -2.39. The third-order valence-electron chi connectivity index (χ3n) is 4.03. The molecular weight excluding hydrogens is 253 g/mol. The van der Waals surface area contributed by atoms with Crippen LogP contribution in [0.3, 0.4) is 0 Å². The van der Waals surface area contributed by atoms with E-state index in [4.69, 9.17) is 0 Å². The van der Waals surface area contributed by atoms with Crippen molar-refractivity contribution in [3.63, 3.8) is 0 Å². The van der Waals surface area contributed by atoms with Crippen LogP contribution in [0.1, 0.15) is 26.3 Å². The van der Waals surface area contributed by atoms with E-state index in [9.17, 15) is 4.39 Å². The maximum Gasteiger partial charge on any atom is 0.129 e. The minimum atomic E-state index is -0.102. The Hall–Kier alpha value is -1.13. The van der Waals surface area contributed by atoms with Crippen molar-refractivity contribution in [2.24, 2.45) is 0 Å². The zero-order chi connectivity index (χ0) is 14.5. The van der Waals surface area contributed by atoms with E-state index in [0.717, 1.165) is 44.0 Å². The van der Waals surface area contributed by atoms with E-state index in [1.165, 1.54) is 0 Å². The molecule has 0 atom stereocenters. The normalized spacial score (nSPS) is 16.9. The van der Waals surface area contributed by atoms with Gasteiger partial charge in [-0.25, -0.2) is 4.39 Å². The van der Waals surface area contributed by atoms with Crippen LogP contribution < -0.4 is 10.2 Å². The Morgan fingerprint density at radius 3 is 2.50 bits per heavy atom. The summed E-state index contributed by atoms with van der Waals surface area (Å²) in [5, 5.41) is 3.23. The molecule has 4 heteroatoms. The number of halogens is 1. The summed E-state index contributed by atoms with van der Waals surface area (Å²) in [5.41, 5.74) is 1.85. The highest BCUT2D eigenvalue weighted by Gasteiger charge is 2.21. The molecule has 3 nitrogen and oxygen atoms in total. The summed E-state index contributed by atoms with van der Waals surface area (Å²) < 4.78 is 14.1. The summed E-state index contributed by atoms with van der Waals surface area (Å²) in [4.78, 5) is 4.79. The zero-order valence-corrected chi connectivity index (χ0v) is 12.8. The Morgan fingerprint density at radius 1 is 1.20 bits per heavy atom. The van der Waals surface area contributed by atoms with Crippen LogP contribution in [0.2, 0.25) is 0 Å². The van der Waals surface area contributed by atoms with Gasteiger partial charge >= 0.3 is 0 Å². The van der Waals surface area contributed by atoms with Gasteiger partial charge in [0, 0.05) is 50.0 Å². The second-order valence-corrected chi connectivity index (χ2v) is 5.63. The van der Waals surface area contributed by atoms with Crippen molar-refractivity contribution in [3.8, 4) is 0 Å². The molecule has 0 spiro atoms. The second kappa shape index (κ2) is 7.04. The van der Waals surface area contributed by atoms with E-state index in [-0.39, 0.29) is 5.82 Å². The van der Waals surface area contributed by atoms with Crippen molar-refractivity contribution in [2.75, 3.05) is 37.6 Å². The van der Waals surface area contributed by atoms with Crippen LogP contribution in [0.4, 0.5) is 10.1 Å². The fraction of sp³-hybridized carbons (Fsp3) is 0.625. The molecule has 1 aromatic rings. The first kappa shape index (κ1) is 15.3. The van der Waals surface area contributed by atoms with Crippen LogP contribution in [0, 0.1) is 5.82 Å². The van der Waals surface area contributed by atoms with Gasteiger partial charge in [-0.15, -0.1) is 0 Å². The lowest BCUT2D eigenvalue weighted by molar-refractivity contribution is 0.209. The monoisotopic (exact) mass is 279 g/mol. The van der Waals surface area contributed by atoms with E-state index in [1.54, 1.807) is 6.07 Å². The average molecular weight is 279 g/mol. The van der Waals surface area contributed by atoms with Gasteiger partial charge in [-0.1, -0.05) is 13.0 Å². The first-order valence-electron chi connectivity index (χ1n) is 7.60. The Kier molecular flexibility index (Phi) is 5.38. The summed E-state index contributed by atoms with van der Waals surface area (Å²) in [7, 11) is 0. The maximum atomic E-state index is 14.1. The van der Waals surface area contributed by atoms with Gasteiger partial charge in [0.15, 0.2) is 0 Å². The van der Waals surface area contributed by atoms with Crippen molar-refractivity contribution < 1.29 is 4.39 Å². The van der Waals surface area contributed by atoms with Crippen molar-refractivity contribution in [1.82, 2.24) is 10.2 Å². The van der Waals surface area contributed by atoms with E-state index < -0.39 is 0 Å². The van der Waals surface area contributed by atoms with Gasteiger partial charge in [0.05, 0.1) is 0 Å². The van der Waals surface area contributed by atoms with Crippen molar-refractivity contribution >= 4 is 5.69 Å². The van der Waals surface area contributed by atoms with Crippen LogP contribution >= 0.6 is 0 Å². The molecule has 112 valence electrons. The average Bonchev–Trinajstić information content (AvgIpc) is 2.46. The standard InChI is InChI=1S/C16H26FN3/c1-4-18-12-14-15(17)6-5-7-16(14)20-10-8-19(9-11-20)13(2)3/h5-7,13,18H,4,8-12H2,1-3H3. The lowest BCUT2D eigenvalue weighted by atomic mass is 10.1. The SMILES string of the molecule is CCNCc1c(F)cccc1N1CCN(C(C)C)CC1. The molecule has 0 radical (unpaired) electrons. The predicted molar refractivity (Wildman–Crippen MR) is 82.7 cm³/mol. The highest BCUT2D eigenvalue weighted by atomic mass is 19.1. The highest BCUT2D eigenvalue weighted by molar-refractivity contribution is 5.54. The largest absolute Gasteiger partial charge is 0.369 e. The quantitative estimate of drug-likeness (QED) is 0.893. The third-order valence-corrected chi connectivity index (χ3v) is 4.03. The van der Waals surface area contributed by atoms with Crippen LogP contribution in [0.5, 0.6) is 0 Å². The molecule has 2 rings (SSSR count). The fourth-order valence-electron chi connectivity index (χ4n) is 2.75. The van der Waals surface area contributed by atoms with E-state index in [0.29, 0.717) is 12.6 Å². The van der Waals surface area contributed by atoms with Gasteiger partial charge in [-0.3, -0.25) is 4.90 Å². The Bertz CT molecular complexity index is 426. The molecule has 0 aromatic heterocycles. The minimum absolute atomic E-state index is 0.102. The molecule has 1 fully saturated rings. The molecule has 0 amide bonds. The van der Waals surface area contributed by atoms with Crippen LogP contribution in [-0.2, 0) is 6.54 Å².